The molecule has 0 bridgehead atoms. The summed E-state index contributed by atoms with van der Waals surface area (Å²) in [5.41, 5.74) is 3.66. The number of rotatable bonds is 6. The molecule has 0 saturated heterocycles. The Bertz CT molecular complexity index is 771. The van der Waals surface area contributed by atoms with Crippen LogP contribution in [-0.2, 0) is 11.2 Å². The minimum absolute atomic E-state index is 0.107. The van der Waals surface area contributed by atoms with E-state index in [1.807, 2.05) is 62.4 Å². The summed E-state index contributed by atoms with van der Waals surface area (Å²) in [6, 6.07) is 16.1. The number of para-hydroxylation sites is 2. The van der Waals surface area contributed by atoms with Crippen molar-refractivity contribution >= 4 is 28.6 Å². The quantitative estimate of drug-likeness (QED) is 0.715. The van der Waals surface area contributed by atoms with Gasteiger partial charge in [0.1, 0.15) is 11.3 Å². The van der Waals surface area contributed by atoms with Gasteiger partial charge in [-0.2, -0.15) is 4.98 Å². The summed E-state index contributed by atoms with van der Waals surface area (Å²) >= 11 is 0. The second kappa shape index (κ2) is 6.65. The van der Waals surface area contributed by atoms with Crippen LogP contribution in [0, 0.1) is 5.92 Å². The molecule has 4 heteroatoms. The topological polar surface area (TPSA) is 55.1 Å². The molecule has 3 rings (SSSR count). The van der Waals surface area contributed by atoms with Crippen LogP contribution in [0.25, 0.3) is 11.1 Å². The fourth-order valence-corrected chi connectivity index (χ4v) is 2.36. The monoisotopic (exact) mass is 308 g/mol. The zero-order chi connectivity index (χ0) is 16.2. The molecule has 3 aromatic rings. The molecule has 0 spiro atoms. The van der Waals surface area contributed by atoms with Crippen molar-refractivity contribution in [3.05, 3.63) is 54.1 Å². The van der Waals surface area contributed by atoms with Crippen LogP contribution in [0.2, 0.25) is 0 Å². The molecule has 1 N–H and O–H groups in total. The lowest BCUT2D eigenvalue weighted by Crippen LogP contribution is -2.07. The average Bonchev–Trinajstić information content (AvgIpc) is 2.96. The highest BCUT2D eigenvalue weighted by Gasteiger charge is 2.08. The lowest BCUT2D eigenvalue weighted by molar-refractivity contribution is -0.121. The maximum atomic E-state index is 11.7. The molecular formula is C19H20N2O2. The first-order valence-electron chi connectivity index (χ1n) is 7.86. The van der Waals surface area contributed by atoms with Crippen LogP contribution in [0.15, 0.2) is 52.9 Å². The Balaban J connectivity index is 1.64. The smallest absolute Gasteiger partial charge is 0.300 e. The van der Waals surface area contributed by atoms with Gasteiger partial charge in [-0.3, -0.25) is 4.79 Å². The van der Waals surface area contributed by atoms with Gasteiger partial charge in [0.25, 0.3) is 6.01 Å². The third-order valence-electron chi connectivity index (χ3n) is 3.80. The standard InChI is InChI=1S/C19H20N2O2/c1-13(2)17(22)12-9-14-7-10-15(11-8-14)20-19-21-16-5-3-4-6-18(16)23-19/h3-8,10-11,13H,9,12H2,1-2H3,(H,20,21). The van der Waals surface area contributed by atoms with Gasteiger partial charge in [-0.1, -0.05) is 38.1 Å². The number of nitrogens with zero attached hydrogens (tertiary/aromatic N) is 1. The van der Waals surface area contributed by atoms with E-state index in [0.717, 1.165) is 28.8 Å². The van der Waals surface area contributed by atoms with Gasteiger partial charge >= 0.3 is 0 Å². The van der Waals surface area contributed by atoms with Crippen molar-refractivity contribution in [3.8, 4) is 0 Å². The Kier molecular flexibility index (Phi) is 4.42. The van der Waals surface area contributed by atoms with E-state index >= 15 is 0 Å². The third-order valence-corrected chi connectivity index (χ3v) is 3.80. The number of aromatic nitrogens is 1. The Morgan fingerprint density at radius 1 is 1.13 bits per heavy atom. The highest BCUT2D eigenvalue weighted by Crippen LogP contribution is 2.22. The van der Waals surface area contributed by atoms with E-state index in [1.165, 1.54) is 0 Å². The number of nitrogens with one attached hydrogen (secondary N) is 1. The molecule has 0 radical (unpaired) electrons. The van der Waals surface area contributed by atoms with Crippen LogP contribution >= 0.6 is 0 Å². The molecule has 23 heavy (non-hydrogen) atoms. The predicted octanol–water partition coefficient (Wildman–Crippen LogP) is 4.73. The zero-order valence-corrected chi connectivity index (χ0v) is 13.4. The minimum Gasteiger partial charge on any atom is -0.423 e. The van der Waals surface area contributed by atoms with Gasteiger partial charge < -0.3 is 9.73 Å². The van der Waals surface area contributed by atoms with Gasteiger partial charge in [0.2, 0.25) is 0 Å². The highest BCUT2D eigenvalue weighted by molar-refractivity contribution is 5.80. The van der Waals surface area contributed by atoms with E-state index in [4.69, 9.17) is 4.42 Å². The van der Waals surface area contributed by atoms with Crippen molar-refractivity contribution in [2.45, 2.75) is 26.7 Å². The van der Waals surface area contributed by atoms with Crippen LogP contribution in [0.4, 0.5) is 11.7 Å². The number of ketones is 1. The summed E-state index contributed by atoms with van der Waals surface area (Å²) in [4.78, 5) is 16.1. The summed E-state index contributed by atoms with van der Waals surface area (Å²) in [6.45, 7) is 3.88. The molecule has 0 saturated carbocycles. The van der Waals surface area contributed by atoms with Crippen molar-refractivity contribution in [2.24, 2.45) is 5.92 Å². The van der Waals surface area contributed by atoms with Gasteiger partial charge in [0.05, 0.1) is 0 Å². The van der Waals surface area contributed by atoms with E-state index < -0.39 is 0 Å². The van der Waals surface area contributed by atoms with Crippen LogP contribution < -0.4 is 5.32 Å². The maximum Gasteiger partial charge on any atom is 0.300 e. The fraction of sp³-hybridized carbons (Fsp3) is 0.263. The van der Waals surface area contributed by atoms with E-state index in [1.54, 1.807) is 0 Å². The average molecular weight is 308 g/mol. The highest BCUT2D eigenvalue weighted by atomic mass is 16.4. The second-order valence-corrected chi connectivity index (χ2v) is 5.93. The van der Waals surface area contributed by atoms with E-state index in [0.29, 0.717) is 18.2 Å². The molecule has 0 fully saturated rings. The van der Waals surface area contributed by atoms with Gasteiger partial charge in [0.15, 0.2) is 5.58 Å². The molecule has 0 atom stereocenters. The van der Waals surface area contributed by atoms with Crippen LogP contribution in [0.5, 0.6) is 0 Å². The van der Waals surface area contributed by atoms with Crippen molar-refractivity contribution in [1.82, 2.24) is 4.98 Å². The van der Waals surface area contributed by atoms with E-state index in [-0.39, 0.29) is 5.92 Å². The molecule has 118 valence electrons. The number of hydrogen-bond donors (Lipinski definition) is 1. The summed E-state index contributed by atoms with van der Waals surface area (Å²) in [7, 11) is 0. The molecule has 4 nitrogen and oxygen atoms in total. The Morgan fingerprint density at radius 3 is 2.57 bits per heavy atom. The minimum atomic E-state index is 0.107. The van der Waals surface area contributed by atoms with E-state index in [9.17, 15) is 4.79 Å². The maximum absolute atomic E-state index is 11.7. The fourth-order valence-electron chi connectivity index (χ4n) is 2.36. The molecule has 2 aromatic carbocycles. The Hall–Kier alpha value is -2.62. The number of hydrogen-bond acceptors (Lipinski definition) is 4. The molecule has 0 aliphatic rings. The summed E-state index contributed by atoms with van der Waals surface area (Å²) < 4.78 is 5.64. The molecule has 0 amide bonds. The predicted molar refractivity (Wildman–Crippen MR) is 91.9 cm³/mol. The lowest BCUT2D eigenvalue weighted by Gasteiger charge is -2.06. The van der Waals surface area contributed by atoms with Crippen molar-refractivity contribution in [1.29, 1.82) is 0 Å². The van der Waals surface area contributed by atoms with Gasteiger partial charge in [-0.25, -0.2) is 0 Å². The van der Waals surface area contributed by atoms with Gasteiger partial charge in [-0.15, -0.1) is 0 Å². The number of carbonyl (C=O) groups excluding carboxylic acids is 1. The van der Waals surface area contributed by atoms with Crippen LogP contribution in [-0.4, -0.2) is 10.8 Å². The SMILES string of the molecule is CC(C)C(=O)CCc1ccc(Nc2nc3ccccc3o2)cc1. The van der Waals surface area contributed by atoms with Gasteiger partial charge in [0, 0.05) is 18.0 Å². The van der Waals surface area contributed by atoms with Crippen molar-refractivity contribution in [3.63, 3.8) is 0 Å². The van der Waals surface area contributed by atoms with Crippen LogP contribution in [0.1, 0.15) is 25.8 Å². The first-order chi connectivity index (χ1) is 11.1. The third kappa shape index (κ3) is 3.77. The van der Waals surface area contributed by atoms with Crippen LogP contribution in [0.3, 0.4) is 0 Å². The zero-order valence-electron chi connectivity index (χ0n) is 13.4. The first kappa shape index (κ1) is 15.3. The second-order valence-electron chi connectivity index (χ2n) is 5.93. The van der Waals surface area contributed by atoms with Crippen molar-refractivity contribution in [2.75, 3.05) is 5.32 Å². The molecule has 1 heterocycles. The normalized spacial score (nSPS) is 11.1. The molecule has 0 unspecified atom stereocenters. The molecule has 0 aliphatic heterocycles. The number of fused-ring (bicyclic) bond motifs is 1. The van der Waals surface area contributed by atoms with E-state index in [2.05, 4.69) is 10.3 Å². The summed E-state index contributed by atoms with van der Waals surface area (Å²) in [6.07, 6.45) is 1.37. The number of anilines is 2. The number of benzene rings is 2. The van der Waals surface area contributed by atoms with Gasteiger partial charge in [-0.05, 0) is 36.2 Å². The number of oxazole rings is 1. The largest absolute Gasteiger partial charge is 0.423 e. The number of carbonyl (C=O) groups is 1. The van der Waals surface area contributed by atoms with Crippen molar-refractivity contribution < 1.29 is 9.21 Å². The summed E-state index contributed by atoms with van der Waals surface area (Å²) in [5, 5.41) is 3.16. The molecule has 1 aromatic heterocycles. The summed E-state index contributed by atoms with van der Waals surface area (Å²) in [5.74, 6) is 0.411. The lowest BCUT2D eigenvalue weighted by atomic mass is 10.0. The number of aryl methyl sites for hydroxylation is 1. The first-order valence-corrected chi connectivity index (χ1v) is 7.86. The molecular weight excluding hydrogens is 288 g/mol. The molecule has 0 aliphatic carbocycles. The number of Topliss-reactive ketones (excluding diaryl/α,β-unsaturated/α-hetero) is 1. The Labute approximate surface area is 135 Å². The Morgan fingerprint density at radius 2 is 1.87 bits per heavy atom.